The number of rotatable bonds is 6. The number of hydrogen-bond acceptors (Lipinski definition) is 5. The Morgan fingerprint density at radius 2 is 1.91 bits per heavy atom. The number of amides is 1. The Morgan fingerprint density at radius 1 is 1.18 bits per heavy atom. The molecule has 2 aromatic rings. The molecule has 7 heteroatoms. The molecule has 22 heavy (non-hydrogen) atoms. The van der Waals surface area contributed by atoms with Gasteiger partial charge in [0.2, 0.25) is 11.0 Å². The van der Waals surface area contributed by atoms with Crippen molar-refractivity contribution in [3.8, 4) is 0 Å². The van der Waals surface area contributed by atoms with E-state index in [2.05, 4.69) is 15.5 Å². The number of nitrogens with zero attached hydrogens (tertiary/aromatic N) is 2. The third-order valence-electron chi connectivity index (χ3n) is 3.36. The summed E-state index contributed by atoms with van der Waals surface area (Å²) in [6, 6.07) is 6.65. The van der Waals surface area contributed by atoms with Gasteiger partial charge in [0.1, 0.15) is 5.01 Å². The van der Waals surface area contributed by atoms with Gasteiger partial charge in [0.25, 0.3) is 0 Å². The Bertz CT molecular complexity index is 695. The third kappa shape index (κ3) is 3.90. The normalized spacial score (nSPS) is 13.9. The average Bonchev–Trinajstić information content (AvgIpc) is 3.26. The number of halogens is 1. The van der Waals surface area contributed by atoms with Crippen LogP contribution in [0, 0.1) is 0 Å². The van der Waals surface area contributed by atoms with Gasteiger partial charge in [0.05, 0.1) is 0 Å². The lowest BCUT2D eigenvalue weighted by molar-refractivity contribution is -0.116. The molecule has 1 aromatic heterocycles. The van der Waals surface area contributed by atoms with Gasteiger partial charge in [0, 0.05) is 29.3 Å². The van der Waals surface area contributed by atoms with E-state index in [4.69, 9.17) is 11.6 Å². The molecule has 1 aliphatic rings. The summed E-state index contributed by atoms with van der Waals surface area (Å²) in [6.07, 6.45) is 2.58. The fraction of sp³-hybridized carbons (Fsp3) is 0.333. The zero-order valence-electron chi connectivity index (χ0n) is 11.7. The molecule has 0 aliphatic heterocycles. The van der Waals surface area contributed by atoms with Crippen molar-refractivity contribution >= 4 is 39.8 Å². The van der Waals surface area contributed by atoms with E-state index >= 15 is 0 Å². The first-order valence-corrected chi connectivity index (χ1v) is 8.23. The highest BCUT2D eigenvalue weighted by Gasteiger charge is 2.27. The molecule has 0 bridgehead atoms. The smallest absolute Gasteiger partial charge is 0.226 e. The first-order chi connectivity index (χ1) is 10.6. The van der Waals surface area contributed by atoms with E-state index in [9.17, 15) is 9.59 Å². The third-order valence-corrected chi connectivity index (χ3v) is 4.61. The molecular weight excluding hydrogens is 322 g/mol. The van der Waals surface area contributed by atoms with Crippen LogP contribution in [0.5, 0.6) is 0 Å². The second kappa shape index (κ2) is 6.54. The monoisotopic (exact) mass is 335 g/mol. The van der Waals surface area contributed by atoms with Gasteiger partial charge >= 0.3 is 0 Å². The van der Waals surface area contributed by atoms with Gasteiger partial charge in [-0.05, 0) is 37.1 Å². The molecule has 0 radical (unpaired) electrons. The van der Waals surface area contributed by atoms with E-state index in [1.165, 1.54) is 11.3 Å². The predicted molar refractivity (Wildman–Crippen MR) is 85.5 cm³/mol. The van der Waals surface area contributed by atoms with Gasteiger partial charge in [0.15, 0.2) is 5.78 Å². The highest BCUT2D eigenvalue weighted by Crippen LogP contribution is 2.42. The van der Waals surface area contributed by atoms with Crippen LogP contribution in [0.4, 0.5) is 5.13 Å². The number of nitrogens with one attached hydrogen (secondary N) is 1. The predicted octanol–water partition coefficient (Wildman–Crippen LogP) is 3.67. The maximum atomic E-state index is 12.0. The van der Waals surface area contributed by atoms with Crippen LogP contribution in [-0.2, 0) is 4.79 Å². The van der Waals surface area contributed by atoms with Crippen molar-refractivity contribution in [2.24, 2.45) is 0 Å². The lowest BCUT2D eigenvalue weighted by Gasteiger charge is -2.02. The molecule has 5 nitrogen and oxygen atoms in total. The SMILES string of the molecule is O=C(CCC(=O)c1ccc(Cl)cc1)Nc1nnc(C2CC2)s1. The van der Waals surface area contributed by atoms with Crippen LogP contribution in [-0.4, -0.2) is 21.9 Å². The summed E-state index contributed by atoms with van der Waals surface area (Å²) in [5.41, 5.74) is 0.559. The van der Waals surface area contributed by atoms with E-state index in [-0.39, 0.29) is 24.5 Å². The van der Waals surface area contributed by atoms with Crippen molar-refractivity contribution in [2.45, 2.75) is 31.6 Å². The number of benzene rings is 1. The van der Waals surface area contributed by atoms with E-state index in [0.29, 0.717) is 21.6 Å². The first kappa shape index (κ1) is 15.1. The van der Waals surface area contributed by atoms with Crippen molar-refractivity contribution in [1.29, 1.82) is 0 Å². The number of ketones is 1. The molecule has 3 rings (SSSR count). The Hall–Kier alpha value is -1.79. The second-order valence-electron chi connectivity index (χ2n) is 5.20. The largest absolute Gasteiger partial charge is 0.301 e. The Morgan fingerprint density at radius 3 is 2.59 bits per heavy atom. The Labute approximate surface area is 136 Å². The molecule has 0 spiro atoms. The zero-order chi connectivity index (χ0) is 15.5. The standard InChI is InChI=1S/C15H14ClN3O2S/c16-11-5-3-9(4-6-11)12(20)7-8-13(21)17-15-19-18-14(22-15)10-1-2-10/h3-6,10H,1-2,7-8H2,(H,17,19,21). The van der Waals surface area contributed by atoms with Crippen LogP contribution in [0.2, 0.25) is 5.02 Å². The number of carbonyl (C=O) groups excluding carboxylic acids is 2. The summed E-state index contributed by atoms with van der Waals surface area (Å²) >= 11 is 7.19. The summed E-state index contributed by atoms with van der Waals surface area (Å²) in [5, 5.41) is 12.8. The molecule has 1 N–H and O–H groups in total. The fourth-order valence-electron chi connectivity index (χ4n) is 1.97. The molecule has 0 saturated heterocycles. The van der Waals surface area contributed by atoms with Crippen molar-refractivity contribution in [2.75, 3.05) is 5.32 Å². The van der Waals surface area contributed by atoms with Crippen molar-refractivity contribution in [3.05, 3.63) is 39.9 Å². The summed E-state index contributed by atoms with van der Waals surface area (Å²) in [4.78, 5) is 23.8. The fourth-order valence-corrected chi connectivity index (χ4v) is 3.02. The minimum atomic E-state index is -0.221. The lowest BCUT2D eigenvalue weighted by atomic mass is 10.1. The van der Waals surface area contributed by atoms with Crippen LogP contribution in [0.25, 0.3) is 0 Å². The number of carbonyl (C=O) groups is 2. The molecule has 1 heterocycles. The minimum Gasteiger partial charge on any atom is -0.301 e. The van der Waals surface area contributed by atoms with Gasteiger partial charge in [-0.1, -0.05) is 22.9 Å². The van der Waals surface area contributed by atoms with Crippen LogP contribution in [0.3, 0.4) is 0 Å². The Kier molecular flexibility index (Phi) is 4.49. The second-order valence-corrected chi connectivity index (χ2v) is 6.64. The number of Topliss-reactive ketones (excluding diaryl/α,β-unsaturated/α-hetero) is 1. The highest BCUT2D eigenvalue weighted by atomic mass is 35.5. The molecule has 1 saturated carbocycles. The highest BCUT2D eigenvalue weighted by molar-refractivity contribution is 7.15. The molecule has 1 aliphatic carbocycles. The molecule has 1 fully saturated rings. The maximum Gasteiger partial charge on any atom is 0.226 e. The van der Waals surface area contributed by atoms with E-state index in [0.717, 1.165) is 17.8 Å². The topological polar surface area (TPSA) is 72.0 Å². The molecule has 0 unspecified atom stereocenters. The summed E-state index contributed by atoms with van der Waals surface area (Å²) in [5.74, 6) is 0.221. The summed E-state index contributed by atoms with van der Waals surface area (Å²) in [6.45, 7) is 0. The minimum absolute atomic E-state index is 0.0808. The molecule has 0 atom stereocenters. The van der Waals surface area contributed by atoms with Crippen LogP contribution >= 0.6 is 22.9 Å². The zero-order valence-corrected chi connectivity index (χ0v) is 13.3. The van der Waals surface area contributed by atoms with E-state index in [1.54, 1.807) is 24.3 Å². The summed E-state index contributed by atoms with van der Waals surface area (Å²) < 4.78 is 0. The van der Waals surface area contributed by atoms with Crippen molar-refractivity contribution < 1.29 is 9.59 Å². The molecule has 1 amide bonds. The number of aromatic nitrogens is 2. The van der Waals surface area contributed by atoms with Crippen LogP contribution < -0.4 is 5.32 Å². The van der Waals surface area contributed by atoms with E-state index in [1.807, 2.05) is 0 Å². The van der Waals surface area contributed by atoms with Gasteiger partial charge in [-0.15, -0.1) is 10.2 Å². The van der Waals surface area contributed by atoms with Crippen LogP contribution in [0.1, 0.15) is 47.0 Å². The van der Waals surface area contributed by atoms with Gasteiger partial charge in [-0.3, -0.25) is 9.59 Å². The van der Waals surface area contributed by atoms with Gasteiger partial charge in [-0.2, -0.15) is 0 Å². The van der Waals surface area contributed by atoms with Crippen molar-refractivity contribution in [1.82, 2.24) is 10.2 Å². The van der Waals surface area contributed by atoms with Gasteiger partial charge < -0.3 is 5.32 Å². The number of hydrogen-bond donors (Lipinski definition) is 1. The van der Waals surface area contributed by atoms with Crippen LogP contribution in [0.15, 0.2) is 24.3 Å². The van der Waals surface area contributed by atoms with Gasteiger partial charge in [-0.25, -0.2) is 0 Å². The first-order valence-electron chi connectivity index (χ1n) is 7.04. The molecule has 114 valence electrons. The summed E-state index contributed by atoms with van der Waals surface area (Å²) in [7, 11) is 0. The van der Waals surface area contributed by atoms with E-state index < -0.39 is 0 Å². The number of anilines is 1. The maximum absolute atomic E-state index is 12.0. The lowest BCUT2D eigenvalue weighted by Crippen LogP contribution is -2.13. The Balaban J connectivity index is 1.48. The average molecular weight is 336 g/mol. The molecular formula is C15H14ClN3O2S. The van der Waals surface area contributed by atoms with Crippen molar-refractivity contribution in [3.63, 3.8) is 0 Å². The quantitative estimate of drug-likeness (QED) is 0.817. The molecule has 1 aromatic carbocycles.